The minimum absolute atomic E-state index is 0.269. The third-order valence-electron chi connectivity index (χ3n) is 6.06. The van der Waals surface area contributed by atoms with Gasteiger partial charge in [-0.2, -0.15) is 0 Å². The van der Waals surface area contributed by atoms with Crippen LogP contribution in [0.4, 0.5) is 0 Å². The van der Waals surface area contributed by atoms with Crippen molar-refractivity contribution in [2.75, 3.05) is 13.2 Å². The number of aliphatic hydroxyl groups excluding tert-OH is 1. The molecule has 2 aromatic carbocycles. The summed E-state index contributed by atoms with van der Waals surface area (Å²) in [6.07, 6.45) is -1.49. The SMILES string of the molecule is O[C@@H]1CO[C@H]2[C@@H]1OC[C@H]2Oc1cc2nc(-c3ccc(-c4ccccc4)cc3)c(Cl)cc2[nH]1. The number of nitrogens with one attached hydrogen (secondary N) is 1. The molecule has 7 heteroatoms. The van der Waals surface area contributed by atoms with Gasteiger partial charge < -0.3 is 24.3 Å². The highest BCUT2D eigenvalue weighted by Gasteiger charge is 2.48. The Kier molecular flexibility index (Phi) is 4.88. The maximum atomic E-state index is 9.91. The number of benzene rings is 2. The minimum atomic E-state index is -0.604. The Morgan fingerprint density at radius 1 is 0.906 bits per heavy atom. The number of pyridine rings is 1. The summed E-state index contributed by atoms with van der Waals surface area (Å²) in [5.74, 6) is 0.569. The van der Waals surface area contributed by atoms with Crippen molar-refractivity contribution in [2.45, 2.75) is 24.4 Å². The van der Waals surface area contributed by atoms with Crippen molar-refractivity contribution >= 4 is 22.6 Å². The topological polar surface area (TPSA) is 76.6 Å². The number of hydrogen-bond acceptors (Lipinski definition) is 5. The molecule has 2 saturated heterocycles. The first-order valence-electron chi connectivity index (χ1n) is 10.6. The van der Waals surface area contributed by atoms with Gasteiger partial charge >= 0.3 is 0 Å². The fourth-order valence-electron chi connectivity index (χ4n) is 4.43. The molecule has 0 bridgehead atoms. The van der Waals surface area contributed by atoms with E-state index in [0.29, 0.717) is 17.5 Å². The Morgan fingerprint density at radius 3 is 2.44 bits per heavy atom. The first-order valence-corrected chi connectivity index (χ1v) is 11.0. The van der Waals surface area contributed by atoms with Crippen molar-refractivity contribution in [2.24, 2.45) is 0 Å². The van der Waals surface area contributed by atoms with E-state index in [9.17, 15) is 5.11 Å². The van der Waals surface area contributed by atoms with Gasteiger partial charge in [0.1, 0.15) is 18.3 Å². The molecule has 0 radical (unpaired) electrons. The average molecular weight is 449 g/mol. The fraction of sp³-hybridized carbons (Fsp3) is 0.240. The highest BCUT2D eigenvalue weighted by molar-refractivity contribution is 6.33. The van der Waals surface area contributed by atoms with Crippen LogP contribution in [-0.4, -0.2) is 52.7 Å². The Labute approximate surface area is 189 Å². The van der Waals surface area contributed by atoms with Gasteiger partial charge in [0.2, 0.25) is 0 Å². The number of nitrogens with zero attached hydrogens (tertiary/aromatic N) is 1. The molecule has 2 aromatic heterocycles. The van der Waals surface area contributed by atoms with E-state index < -0.39 is 6.10 Å². The first-order chi connectivity index (χ1) is 15.7. The van der Waals surface area contributed by atoms with E-state index in [-0.39, 0.29) is 24.9 Å². The van der Waals surface area contributed by atoms with Crippen LogP contribution in [0.3, 0.4) is 0 Å². The van der Waals surface area contributed by atoms with Gasteiger partial charge in [0.25, 0.3) is 0 Å². The number of aliphatic hydroxyl groups is 1. The number of H-pyrrole nitrogens is 1. The Morgan fingerprint density at radius 2 is 1.62 bits per heavy atom. The zero-order chi connectivity index (χ0) is 21.7. The number of rotatable bonds is 4. The Bertz CT molecular complexity index is 1260. The molecule has 0 saturated carbocycles. The summed E-state index contributed by atoms with van der Waals surface area (Å²) in [7, 11) is 0. The molecular weight excluding hydrogens is 428 g/mol. The number of aromatic amines is 1. The molecule has 6 rings (SSSR count). The maximum absolute atomic E-state index is 9.91. The lowest BCUT2D eigenvalue weighted by Crippen LogP contribution is -2.34. The highest BCUT2D eigenvalue weighted by atomic mass is 35.5. The molecule has 4 heterocycles. The molecule has 4 aromatic rings. The van der Waals surface area contributed by atoms with Crippen LogP contribution >= 0.6 is 11.6 Å². The van der Waals surface area contributed by atoms with Crippen molar-refractivity contribution in [3.05, 3.63) is 71.8 Å². The van der Waals surface area contributed by atoms with Gasteiger partial charge in [-0.1, -0.05) is 66.2 Å². The largest absolute Gasteiger partial charge is 0.470 e. The number of hydrogen-bond donors (Lipinski definition) is 2. The monoisotopic (exact) mass is 448 g/mol. The van der Waals surface area contributed by atoms with Crippen molar-refractivity contribution in [3.8, 4) is 28.3 Å². The fourth-order valence-corrected chi connectivity index (χ4v) is 4.69. The van der Waals surface area contributed by atoms with Gasteiger partial charge in [-0.3, -0.25) is 0 Å². The third-order valence-corrected chi connectivity index (χ3v) is 6.34. The second-order valence-electron chi connectivity index (χ2n) is 8.15. The van der Waals surface area contributed by atoms with E-state index >= 15 is 0 Å². The van der Waals surface area contributed by atoms with Crippen LogP contribution in [0.1, 0.15) is 0 Å². The molecule has 2 aliphatic rings. The summed E-state index contributed by atoms with van der Waals surface area (Å²) < 4.78 is 17.3. The van der Waals surface area contributed by atoms with Crippen LogP contribution in [0.2, 0.25) is 5.02 Å². The summed E-state index contributed by atoms with van der Waals surface area (Å²) in [5.41, 5.74) is 5.52. The predicted molar refractivity (Wildman–Crippen MR) is 122 cm³/mol. The summed E-state index contributed by atoms with van der Waals surface area (Å²) in [4.78, 5) is 8.00. The van der Waals surface area contributed by atoms with Crippen molar-refractivity contribution in [1.29, 1.82) is 0 Å². The van der Waals surface area contributed by atoms with Gasteiger partial charge in [0.15, 0.2) is 12.0 Å². The number of fused-ring (bicyclic) bond motifs is 2. The van der Waals surface area contributed by atoms with E-state index in [1.54, 1.807) is 0 Å². The summed E-state index contributed by atoms with van der Waals surface area (Å²) in [6, 6.07) is 22.2. The Balaban J connectivity index is 1.26. The van der Waals surface area contributed by atoms with E-state index in [1.807, 2.05) is 42.5 Å². The smallest absolute Gasteiger partial charge is 0.193 e. The highest BCUT2D eigenvalue weighted by Crippen LogP contribution is 2.34. The van der Waals surface area contributed by atoms with Gasteiger partial charge in [0.05, 0.1) is 35.0 Å². The second-order valence-corrected chi connectivity index (χ2v) is 8.56. The molecule has 0 aliphatic carbocycles. The van der Waals surface area contributed by atoms with Crippen LogP contribution in [0, 0.1) is 0 Å². The van der Waals surface area contributed by atoms with E-state index in [4.69, 9.17) is 30.8 Å². The lowest BCUT2D eigenvalue weighted by molar-refractivity contribution is 0.00794. The minimum Gasteiger partial charge on any atom is -0.470 e. The number of aromatic nitrogens is 2. The molecule has 2 N–H and O–H groups in total. The molecule has 0 spiro atoms. The second kappa shape index (κ2) is 7.90. The third kappa shape index (κ3) is 3.45. The standard InChI is InChI=1S/C25H21ClN2O4/c26-17-10-18-19(11-22(27-18)32-21-13-31-24-20(29)12-30-25(21)24)28-23(17)16-8-6-15(7-9-16)14-4-2-1-3-5-14/h1-11,20-21,24-25,27,29H,12-13H2/t20-,21-,24-,25-/m1/s1. The zero-order valence-corrected chi connectivity index (χ0v) is 17.8. The first kappa shape index (κ1) is 19.8. The van der Waals surface area contributed by atoms with E-state index in [2.05, 4.69) is 29.2 Å². The maximum Gasteiger partial charge on any atom is 0.193 e. The molecule has 4 atom stereocenters. The van der Waals surface area contributed by atoms with Gasteiger partial charge in [-0.15, -0.1) is 0 Å². The summed E-state index contributed by atoms with van der Waals surface area (Å²) >= 11 is 6.57. The molecule has 162 valence electrons. The van der Waals surface area contributed by atoms with Crippen molar-refractivity contribution in [3.63, 3.8) is 0 Å². The number of halogens is 1. The van der Waals surface area contributed by atoms with Crippen LogP contribution < -0.4 is 4.74 Å². The van der Waals surface area contributed by atoms with Crippen LogP contribution in [-0.2, 0) is 9.47 Å². The molecule has 0 unspecified atom stereocenters. The summed E-state index contributed by atoms with van der Waals surface area (Å²) in [5, 5.41) is 10.5. The van der Waals surface area contributed by atoms with Crippen molar-refractivity contribution in [1.82, 2.24) is 9.97 Å². The predicted octanol–water partition coefficient (Wildman–Crippen LogP) is 4.46. The lowest BCUT2D eigenvalue weighted by atomic mass is 10.0. The zero-order valence-electron chi connectivity index (χ0n) is 17.1. The van der Waals surface area contributed by atoms with Gasteiger partial charge in [-0.25, -0.2) is 4.98 Å². The average Bonchev–Trinajstić information content (AvgIpc) is 3.51. The van der Waals surface area contributed by atoms with E-state index in [0.717, 1.165) is 33.4 Å². The van der Waals surface area contributed by atoms with Gasteiger partial charge in [-0.05, 0) is 17.2 Å². The van der Waals surface area contributed by atoms with Crippen LogP contribution in [0.25, 0.3) is 33.4 Å². The van der Waals surface area contributed by atoms with Crippen LogP contribution in [0.15, 0.2) is 66.7 Å². The molecule has 32 heavy (non-hydrogen) atoms. The number of ether oxygens (including phenoxy) is 3. The molecule has 6 nitrogen and oxygen atoms in total. The Hall–Kier alpha value is -2.90. The van der Waals surface area contributed by atoms with Crippen molar-refractivity contribution < 1.29 is 19.3 Å². The normalized spacial score (nSPS) is 24.7. The summed E-state index contributed by atoms with van der Waals surface area (Å²) in [6.45, 7) is 0.639. The van der Waals surface area contributed by atoms with Gasteiger partial charge in [0, 0.05) is 11.6 Å². The molecule has 0 amide bonds. The van der Waals surface area contributed by atoms with Crippen LogP contribution in [0.5, 0.6) is 5.88 Å². The van der Waals surface area contributed by atoms with E-state index in [1.165, 1.54) is 0 Å². The lowest BCUT2D eigenvalue weighted by Gasteiger charge is -2.16. The molecule has 2 fully saturated rings. The quantitative estimate of drug-likeness (QED) is 0.482. The molecular formula is C25H21ClN2O4. The molecule has 2 aliphatic heterocycles.